The standard InChI is InChI=1S/C17H27N5/c1-4-6-12-21(3)17(18-5-2)19-11-10-15-14-22-13-8-7-9-16(22)20-15/h7-9,13-14H,4-6,10-12H2,1-3H3,(H,18,19). The van der Waals surface area contributed by atoms with E-state index in [4.69, 9.17) is 4.99 Å². The van der Waals surface area contributed by atoms with Gasteiger partial charge in [0.2, 0.25) is 0 Å². The van der Waals surface area contributed by atoms with E-state index in [0.29, 0.717) is 0 Å². The van der Waals surface area contributed by atoms with Crippen molar-refractivity contribution in [3.05, 3.63) is 36.3 Å². The van der Waals surface area contributed by atoms with E-state index in [1.807, 2.05) is 24.4 Å². The summed E-state index contributed by atoms with van der Waals surface area (Å²) in [5, 5.41) is 3.35. The van der Waals surface area contributed by atoms with Crippen molar-refractivity contribution in [2.75, 3.05) is 26.7 Å². The summed E-state index contributed by atoms with van der Waals surface area (Å²) in [5.41, 5.74) is 2.08. The van der Waals surface area contributed by atoms with Crippen LogP contribution >= 0.6 is 0 Å². The zero-order chi connectivity index (χ0) is 15.8. The van der Waals surface area contributed by atoms with Gasteiger partial charge in [-0.25, -0.2) is 4.98 Å². The lowest BCUT2D eigenvalue weighted by Gasteiger charge is -2.21. The van der Waals surface area contributed by atoms with E-state index in [2.05, 4.69) is 46.7 Å². The Balaban J connectivity index is 1.95. The van der Waals surface area contributed by atoms with Crippen LogP contribution in [0.4, 0.5) is 0 Å². The van der Waals surface area contributed by atoms with E-state index in [-0.39, 0.29) is 0 Å². The van der Waals surface area contributed by atoms with Crippen LogP contribution in [0.5, 0.6) is 0 Å². The number of nitrogens with zero attached hydrogens (tertiary/aromatic N) is 4. The van der Waals surface area contributed by atoms with Crippen molar-refractivity contribution in [1.82, 2.24) is 19.6 Å². The maximum atomic E-state index is 4.71. The van der Waals surface area contributed by atoms with Gasteiger partial charge in [-0.2, -0.15) is 0 Å². The molecule has 0 bridgehead atoms. The molecule has 0 saturated heterocycles. The molecular weight excluding hydrogens is 274 g/mol. The summed E-state index contributed by atoms with van der Waals surface area (Å²) in [6.45, 7) is 7.00. The summed E-state index contributed by atoms with van der Waals surface area (Å²) >= 11 is 0. The van der Waals surface area contributed by atoms with Gasteiger partial charge >= 0.3 is 0 Å². The number of pyridine rings is 1. The molecule has 0 aromatic carbocycles. The zero-order valence-corrected chi connectivity index (χ0v) is 13.9. The Kier molecular flexibility index (Phi) is 6.25. The monoisotopic (exact) mass is 301 g/mol. The molecule has 2 aromatic heterocycles. The molecule has 0 aliphatic heterocycles. The number of aromatic nitrogens is 2. The molecule has 5 heteroatoms. The lowest BCUT2D eigenvalue weighted by atomic mass is 10.3. The molecule has 0 radical (unpaired) electrons. The third kappa shape index (κ3) is 4.48. The average Bonchev–Trinajstić information content (AvgIpc) is 2.94. The maximum Gasteiger partial charge on any atom is 0.193 e. The van der Waals surface area contributed by atoms with Gasteiger partial charge in [0, 0.05) is 45.5 Å². The lowest BCUT2D eigenvalue weighted by molar-refractivity contribution is 0.465. The Morgan fingerprint density at radius 3 is 2.95 bits per heavy atom. The fourth-order valence-electron chi connectivity index (χ4n) is 2.35. The van der Waals surface area contributed by atoms with Gasteiger partial charge in [-0.3, -0.25) is 4.99 Å². The smallest absolute Gasteiger partial charge is 0.193 e. The van der Waals surface area contributed by atoms with E-state index in [9.17, 15) is 0 Å². The number of imidazole rings is 1. The average molecular weight is 301 g/mol. The molecule has 0 aliphatic carbocycles. The maximum absolute atomic E-state index is 4.71. The summed E-state index contributed by atoms with van der Waals surface area (Å²) < 4.78 is 2.05. The Morgan fingerprint density at radius 2 is 2.23 bits per heavy atom. The largest absolute Gasteiger partial charge is 0.357 e. The van der Waals surface area contributed by atoms with Gasteiger partial charge in [-0.15, -0.1) is 0 Å². The van der Waals surface area contributed by atoms with E-state index in [1.165, 1.54) is 12.8 Å². The molecule has 22 heavy (non-hydrogen) atoms. The molecular formula is C17H27N5. The van der Waals surface area contributed by atoms with Crippen LogP contribution in [0.25, 0.3) is 5.65 Å². The molecule has 0 unspecified atom stereocenters. The molecule has 2 heterocycles. The van der Waals surface area contributed by atoms with Crippen molar-refractivity contribution >= 4 is 11.6 Å². The van der Waals surface area contributed by atoms with E-state index in [0.717, 1.165) is 43.4 Å². The van der Waals surface area contributed by atoms with Crippen molar-refractivity contribution in [3.8, 4) is 0 Å². The van der Waals surface area contributed by atoms with Gasteiger partial charge in [-0.05, 0) is 25.5 Å². The topological polar surface area (TPSA) is 44.9 Å². The van der Waals surface area contributed by atoms with Crippen molar-refractivity contribution < 1.29 is 0 Å². The first-order valence-corrected chi connectivity index (χ1v) is 8.16. The number of unbranched alkanes of at least 4 members (excludes halogenated alkanes) is 1. The van der Waals surface area contributed by atoms with Gasteiger partial charge in [-0.1, -0.05) is 19.4 Å². The van der Waals surface area contributed by atoms with Crippen molar-refractivity contribution in [3.63, 3.8) is 0 Å². The van der Waals surface area contributed by atoms with Crippen LogP contribution < -0.4 is 5.32 Å². The van der Waals surface area contributed by atoms with Crippen molar-refractivity contribution in [2.45, 2.75) is 33.1 Å². The number of aliphatic imine (C=N–C) groups is 1. The Labute approximate surface area is 133 Å². The molecule has 0 atom stereocenters. The SMILES string of the molecule is CCCCN(C)C(=NCCc1cn2ccccc2n1)NCC. The number of hydrogen-bond donors (Lipinski definition) is 1. The first-order chi connectivity index (χ1) is 10.7. The third-order valence-corrected chi connectivity index (χ3v) is 3.59. The predicted molar refractivity (Wildman–Crippen MR) is 92.4 cm³/mol. The summed E-state index contributed by atoms with van der Waals surface area (Å²) in [4.78, 5) is 11.5. The van der Waals surface area contributed by atoms with Gasteiger partial charge < -0.3 is 14.6 Å². The minimum absolute atomic E-state index is 0.753. The minimum Gasteiger partial charge on any atom is -0.357 e. The fraction of sp³-hybridized carbons (Fsp3) is 0.529. The minimum atomic E-state index is 0.753. The normalized spacial score (nSPS) is 11.9. The molecule has 0 saturated carbocycles. The van der Waals surface area contributed by atoms with Gasteiger partial charge in [0.05, 0.1) is 5.69 Å². The number of nitrogens with one attached hydrogen (secondary N) is 1. The Morgan fingerprint density at radius 1 is 1.36 bits per heavy atom. The van der Waals surface area contributed by atoms with Gasteiger partial charge in [0.25, 0.3) is 0 Å². The first kappa shape index (κ1) is 16.3. The van der Waals surface area contributed by atoms with Crippen molar-refractivity contribution in [2.24, 2.45) is 4.99 Å². The second-order valence-electron chi connectivity index (χ2n) is 5.46. The number of rotatable bonds is 7. The van der Waals surface area contributed by atoms with E-state index >= 15 is 0 Å². The van der Waals surface area contributed by atoms with E-state index in [1.54, 1.807) is 0 Å². The van der Waals surface area contributed by atoms with Gasteiger partial charge in [0.15, 0.2) is 5.96 Å². The zero-order valence-electron chi connectivity index (χ0n) is 13.9. The Bertz CT molecular complexity index is 569. The van der Waals surface area contributed by atoms with Crippen LogP contribution in [-0.2, 0) is 6.42 Å². The van der Waals surface area contributed by atoms with Crippen molar-refractivity contribution in [1.29, 1.82) is 0 Å². The fourth-order valence-corrected chi connectivity index (χ4v) is 2.35. The first-order valence-electron chi connectivity index (χ1n) is 8.16. The van der Waals surface area contributed by atoms with Crippen LogP contribution in [0.15, 0.2) is 35.6 Å². The molecule has 0 amide bonds. The third-order valence-electron chi connectivity index (χ3n) is 3.59. The quantitative estimate of drug-likeness (QED) is 0.631. The highest BCUT2D eigenvalue weighted by molar-refractivity contribution is 5.79. The second-order valence-corrected chi connectivity index (χ2v) is 5.46. The summed E-state index contributed by atoms with van der Waals surface area (Å²) in [6.07, 6.45) is 7.35. The van der Waals surface area contributed by atoms with E-state index < -0.39 is 0 Å². The number of fused-ring (bicyclic) bond motifs is 1. The molecule has 2 rings (SSSR count). The highest BCUT2D eigenvalue weighted by atomic mass is 15.3. The molecule has 1 N–H and O–H groups in total. The summed E-state index contributed by atoms with van der Waals surface area (Å²) in [6, 6.07) is 6.05. The van der Waals surface area contributed by atoms with Crippen LogP contribution in [0.2, 0.25) is 0 Å². The highest BCUT2D eigenvalue weighted by Crippen LogP contribution is 2.05. The van der Waals surface area contributed by atoms with Gasteiger partial charge in [0.1, 0.15) is 5.65 Å². The Hall–Kier alpha value is -2.04. The number of guanidine groups is 1. The molecule has 5 nitrogen and oxygen atoms in total. The van der Waals surface area contributed by atoms with Crippen LogP contribution in [0.3, 0.4) is 0 Å². The number of hydrogen-bond acceptors (Lipinski definition) is 2. The van der Waals surface area contributed by atoms with Crippen LogP contribution in [-0.4, -0.2) is 46.9 Å². The predicted octanol–water partition coefficient (Wildman–Crippen LogP) is 2.57. The molecule has 0 fully saturated rings. The second kappa shape index (κ2) is 8.41. The van der Waals surface area contributed by atoms with Crippen LogP contribution in [0.1, 0.15) is 32.4 Å². The van der Waals surface area contributed by atoms with Crippen LogP contribution in [0, 0.1) is 0 Å². The molecule has 2 aromatic rings. The molecule has 0 spiro atoms. The highest BCUT2D eigenvalue weighted by Gasteiger charge is 2.05. The molecule has 120 valence electrons. The lowest BCUT2D eigenvalue weighted by Crippen LogP contribution is -2.39. The summed E-state index contributed by atoms with van der Waals surface area (Å²) in [5.74, 6) is 0.986. The summed E-state index contributed by atoms with van der Waals surface area (Å²) in [7, 11) is 2.10. The molecule has 0 aliphatic rings.